The number of rotatable bonds is 10. The van der Waals surface area contributed by atoms with Crippen LogP contribution in [0.2, 0.25) is 0 Å². The number of fused-ring (bicyclic) bond motifs is 1. The molecule has 0 saturated carbocycles. The second-order valence-corrected chi connectivity index (χ2v) is 9.30. The zero-order valence-electron chi connectivity index (χ0n) is 21.3. The SMILES string of the molecule is COc1ccc(CN(C(=O)Cn2nnc3ccccc32)[C@@H](C(=O)NC[C@H]2CCCO2)c2ccccc2)cc1. The van der Waals surface area contributed by atoms with Gasteiger partial charge in [0.1, 0.15) is 23.9 Å². The second-order valence-electron chi connectivity index (χ2n) is 9.30. The topological polar surface area (TPSA) is 98.6 Å². The van der Waals surface area contributed by atoms with Crippen LogP contribution in [-0.2, 0) is 27.4 Å². The molecule has 1 N–H and O–H groups in total. The maximum Gasteiger partial charge on any atom is 0.247 e. The van der Waals surface area contributed by atoms with Gasteiger partial charge in [-0.15, -0.1) is 5.10 Å². The van der Waals surface area contributed by atoms with Gasteiger partial charge in [0.25, 0.3) is 0 Å². The van der Waals surface area contributed by atoms with Crippen LogP contribution in [0.25, 0.3) is 11.0 Å². The van der Waals surface area contributed by atoms with Gasteiger partial charge in [-0.2, -0.15) is 0 Å². The number of hydrogen-bond donors (Lipinski definition) is 1. The second kappa shape index (κ2) is 11.9. The number of aromatic nitrogens is 3. The van der Waals surface area contributed by atoms with Crippen LogP contribution in [0.1, 0.15) is 30.0 Å². The monoisotopic (exact) mass is 513 g/mol. The first-order chi connectivity index (χ1) is 18.6. The minimum atomic E-state index is -0.845. The Hall–Kier alpha value is -4.24. The molecule has 1 saturated heterocycles. The highest BCUT2D eigenvalue weighted by atomic mass is 16.5. The zero-order valence-corrected chi connectivity index (χ0v) is 21.3. The molecule has 1 aromatic heterocycles. The predicted molar refractivity (Wildman–Crippen MR) is 142 cm³/mol. The Morgan fingerprint density at radius 3 is 2.58 bits per heavy atom. The number of carbonyl (C=O) groups excluding carboxylic acids is 2. The number of benzene rings is 3. The third kappa shape index (κ3) is 5.84. The Bertz CT molecular complexity index is 1370. The van der Waals surface area contributed by atoms with E-state index in [-0.39, 0.29) is 31.0 Å². The summed E-state index contributed by atoms with van der Waals surface area (Å²) < 4.78 is 12.6. The van der Waals surface area contributed by atoms with Crippen molar-refractivity contribution in [2.45, 2.75) is 38.1 Å². The van der Waals surface area contributed by atoms with Crippen molar-refractivity contribution in [3.05, 3.63) is 90.0 Å². The van der Waals surface area contributed by atoms with Gasteiger partial charge < -0.3 is 19.7 Å². The number of nitrogens with one attached hydrogen (secondary N) is 1. The van der Waals surface area contributed by atoms with Crippen molar-refractivity contribution in [1.82, 2.24) is 25.2 Å². The molecule has 5 rings (SSSR count). The Labute approximate surface area is 221 Å². The molecule has 0 spiro atoms. The molecule has 9 nitrogen and oxygen atoms in total. The molecule has 0 bridgehead atoms. The van der Waals surface area contributed by atoms with Crippen molar-refractivity contribution in [1.29, 1.82) is 0 Å². The van der Waals surface area contributed by atoms with Crippen molar-refractivity contribution in [2.75, 3.05) is 20.3 Å². The molecule has 9 heteroatoms. The maximum atomic E-state index is 14.0. The van der Waals surface area contributed by atoms with E-state index in [1.807, 2.05) is 78.9 Å². The summed E-state index contributed by atoms with van der Waals surface area (Å²) >= 11 is 0. The molecule has 2 atom stereocenters. The molecule has 3 aromatic carbocycles. The third-order valence-electron chi connectivity index (χ3n) is 6.74. The fraction of sp³-hybridized carbons (Fsp3) is 0.310. The van der Waals surface area contributed by atoms with Gasteiger partial charge in [0.2, 0.25) is 11.8 Å². The molecule has 2 heterocycles. The van der Waals surface area contributed by atoms with Crippen molar-refractivity contribution >= 4 is 22.8 Å². The van der Waals surface area contributed by atoms with Crippen LogP contribution < -0.4 is 10.1 Å². The van der Waals surface area contributed by atoms with Gasteiger partial charge in [0.05, 0.1) is 18.7 Å². The van der Waals surface area contributed by atoms with Gasteiger partial charge in [-0.25, -0.2) is 4.68 Å². The van der Waals surface area contributed by atoms with Crippen molar-refractivity contribution in [3.8, 4) is 5.75 Å². The molecule has 38 heavy (non-hydrogen) atoms. The number of ether oxygens (including phenoxy) is 2. The summed E-state index contributed by atoms with van der Waals surface area (Å²) in [4.78, 5) is 29.3. The van der Waals surface area contributed by atoms with E-state index in [0.29, 0.717) is 18.7 Å². The van der Waals surface area contributed by atoms with E-state index in [1.165, 1.54) is 0 Å². The average Bonchev–Trinajstić information content (AvgIpc) is 3.63. The minimum Gasteiger partial charge on any atom is -0.497 e. The fourth-order valence-electron chi connectivity index (χ4n) is 4.73. The molecule has 1 aliphatic rings. The van der Waals surface area contributed by atoms with Gasteiger partial charge >= 0.3 is 0 Å². The summed E-state index contributed by atoms with van der Waals surface area (Å²) in [6.45, 7) is 1.28. The number of amides is 2. The summed E-state index contributed by atoms with van der Waals surface area (Å²) in [6, 6.07) is 23.5. The Morgan fingerprint density at radius 2 is 1.84 bits per heavy atom. The molecule has 2 amide bonds. The maximum absolute atomic E-state index is 14.0. The highest BCUT2D eigenvalue weighted by Crippen LogP contribution is 2.26. The molecular formula is C29H31N5O4. The summed E-state index contributed by atoms with van der Waals surface area (Å²) in [6.07, 6.45) is 1.88. The van der Waals surface area contributed by atoms with Crippen LogP contribution >= 0.6 is 0 Å². The fourth-order valence-corrected chi connectivity index (χ4v) is 4.73. The average molecular weight is 514 g/mol. The standard InChI is InChI=1S/C29H31N5O4/c1-37-23-15-13-21(14-16-23)19-33(27(35)20-34-26-12-6-5-11-25(26)31-32-34)28(22-8-3-2-4-9-22)29(36)30-18-24-10-7-17-38-24/h2-6,8-9,11-16,24,28H,7,10,17-20H2,1H3,(H,30,36)/t24-,28-/m1/s1. The van der Waals surface area contributed by atoms with Crippen LogP contribution in [-0.4, -0.2) is 58.1 Å². The lowest BCUT2D eigenvalue weighted by Gasteiger charge is -2.32. The number of methoxy groups -OCH3 is 1. The smallest absolute Gasteiger partial charge is 0.247 e. The predicted octanol–water partition coefficient (Wildman–Crippen LogP) is 3.51. The molecular weight excluding hydrogens is 482 g/mol. The van der Waals surface area contributed by atoms with E-state index >= 15 is 0 Å². The summed E-state index contributed by atoms with van der Waals surface area (Å²) in [5.74, 6) is 0.212. The lowest BCUT2D eigenvalue weighted by molar-refractivity contribution is -0.142. The molecule has 0 aliphatic carbocycles. The minimum absolute atomic E-state index is 0.0115. The number of nitrogens with zero attached hydrogens (tertiary/aromatic N) is 4. The highest BCUT2D eigenvalue weighted by molar-refractivity contribution is 5.89. The molecule has 4 aromatic rings. The van der Waals surface area contributed by atoms with Gasteiger partial charge in [-0.05, 0) is 48.2 Å². The van der Waals surface area contributed by atoms with Crippen LogP contribution in [0.4, 0.5) is 0 Å². The first kappa shape index (κ1) is 25.4. The highest BCUT2D eigenvalue weighted by Gasteiger charge is 2.32. The van der Waals surface area contributed by atoms with E-state index in [0.717, 1.165) is 35.2 Å². The first-order valence-electron chi connectivity index (χ1n) is 12.8. The first-order valence-corrected chi connectivity index (χ1v) is 12.8. The Kier molecular flexibility index (Phi) is 7.94. The van der Waals surface area contributed by atoms with Gasteiger partial charge in [0.15, 0.2) is 0 Å². The summed E-state index contributed by atoms with van der Waals surface area (Å²) in [5, 5.41) is 11.4. The van der Waals surface area contributed by atoms with Gasteiger partial charge in [-0.3, -0.25) is 9.59 Å². The summed E-state index contributed by atoms with van der Waals surface area (Å²) in [5.41, 5.74) is 3.05. The van der Waals surface area contributed by atoms with E-state index < -0.39 is 6.04 Å². The lowest BCUT2D eigenvalue weighted by atomic mass is 10.0. The molecule has 1 aliphatic heterocycles. The van der Waals surface area contributed by atoms with Crippen molar-refractivity contribution in [2.24, 2.45) is 0 Å². The van der Waals surface area contributed by atoms with Crippen molar-refractivity contribution in [3.63, 3.8) is 0 Å². The number of hydrogen-bond acceptors (Lipinski definition) is 6. The van der Waals surface area contributed by atoms with Gasteiger partial charge in [-0.1, -0.05) is 59.8 Å². The van der Waals surface area contributed by atoms with Crippen molar-refractivity contribution < 1.29 is 19.1 Å². The normalized spacial score (nSPS) is 15.8. The molecule has 1 fully saturated rings. The summed E-state index contributed by atoms with van der Waals surface area (Å²) in [7, 11) is 1.61. The number of carbonyl (C=O) groups is 2. The van der Waals surface area contributed by atoms with E-state index in [1.54, 1.807) is 16.7 Å². The van der Waals surface area contributed by atoms with Crippen LogP contribution in [0.15, 0.2) is 78.9 Å². The molecule has 0 unspecified atom stereocenters. The lowest BCUT2D eigenvalue weighted by Crippen LogP contribution is -2.46. The third-order valence-corrected chi connectivity index (χ3v) is 6.74. The molecule has 196 valence electrons. The molecule has 0 radical (unpaired) electrons. The zero-order chi connectivity index (χ0) is 26.3. The number of para-hydroxylation sites is 1. The van der Waals surface area contributed by atoms with E-state index in [9.17, 15) is 9.59 Å². The Morgan fingerprint density at radius 1 is 1.08 bits per heavy atom. The van der Waals surface area contributed by atoms with E-state index in [4.69, 9.17) is 9.47 Å². The van der Waals surface area contributed by atoms with Crippen LogP contribution in [0.5, 0.6) is 5.75 Å². The van der Waals surface area contributed by atoms with E-state index in [2.05, 4.69) is 15.6 Å². The largest absolute Gasteiger partial charge is 0.497 e. The quantitative estimate of drug-likeness (QED) is 0.349. The van der Waals surface area contributed by atoms with Crippen LogP contribution in [0, 0.1) is 0 Å². The van der Waals surface area contributed by atoms with Gasteiger partial charge in [0, 0.05) is 19.7 Å². The Balaban J connectivity index is 1.47. The van der Waals surface area contributed by atoms with Crippen LogP contribution in [0.3, 0.4) is 0 Å².